The fourth-order valence-corrected chi connectivity index (χ4v) is 5.91. The molecule has 3 aliphatic rings. The van der Waals surface area contributed by atoms with Gasteiger partial charge in [-0.05, 0) is 46.9 Å². The molecule has 4 nitrogen and oxygen atoms in total. The van der Waals surface area contributed by atoms with Gasteiger partial charge in [0.1, 0.15) is 18.1 Å². The van der Waals surface area contributed by atoms with Gasteiger partial charge < -0.3 is 4.74 Å². The van der Waals surface area contributed by atoms with Gasteiger partial charge in [-0.3, -0.25) is 14.6 Å². The number of ketones is 2. The van der Waals surface area contributed by atoms with Crippen molar-refractivity contribution in [1.82, 2.24) is 0 Å². The van der Waals surface area contributed by atoms with Gasteiger partial charge in [-0.2, -0.15) is 0 Å². The van der Waals surface area contributed by atoms with Crippen LogP contribution in [-0.4, -0.2) is 17.3 Å². The molecule has 0 saturated heterocycles. The summed E-state index contributed by atoms with van der Waals surface area (Å²) < 4.78 is 6.10. The molecule has 34 heavy (non-hydrogen) atoms. The summed E-state index contributed by atoms with van der Waals surface area (Å²) in [6, 6.07) is 18.0. The lowest BCUT2D eigenvalue weighted by Gasteiger charge is -2.44. The quantitative estimate of drug-likeness (QED) is 0.532. The molecule has 0 aromatic heterocycles. The SMILES string of the molecule is CC1(C)CC(=O)C2C(=NC3=C(C(=O)CC(C)(C)C3)C2c2cccc(OCc3ccccc3)c2)C1. The van der Waals surface area contributed by atoms with Crippen molar-refractivity contribution < 1.29 is 14.3 Å². The number of carbonyl (C=O) groups excluding carboxylic acids is 2. The van der Waals surface area contributed by atoms with Crippen LogP contribution in [0.3, 0.4) is 0 Å². The van der Waals surface area contributed by atoms with Gasteiger partial charge in [-0.25, -0.2) is 0 Å². The molecule has 2 aromatic rings. The minimum Gasteiger partial charge on any atom is -0.489 e. The molecule has 1 fully saturated rings. The van der Waals surface area contributed by atoms with Gasteiger partial charge in [0.15, 0.2) is 5.78 Å². The van der Waals surface area contributed by atoms with Crippen molar-refractivity contribution in [3.63, 3.8) is 0 Å². The molecule has 5 rings (SSSR count). The van der Waals surface area contributed by atoms with E-state index in [2.05, 4.69) is 27.7 Å². The molecule has 2 aromatic carbocycles. The standard InChI is InChI=1S/C30H33NO3/c1-29(2)14-22-27(24(32)16-29)26(28-23(31-22)15-30(3,4)17-25(28)33)20-11-8-12-21(13-20)34-18-19-9-6-5-7-10-19/h5-13,26-27H,14-18H2,1-4H3. The van der Waals surface area contributed by atoms with Crippen LogP contribution < -0.4 is 4.74 Å². The van der Waals surface area contributed by atoms with E-state index in [0.29, 0.717) is 19.4 Å². The van der Waals surface area contributed by atoms with E-state index in [1.54, 1.807) is 0 Å². The average molecular weight is 456 g/mol. The Morgan fingerprint density at radius 1 is 0.853 bits per heavy atom. The van der Waals surface area contributed by atoms with E-state index < -0.39 is 0 Å². The van der Waals surface area contributed by atoms with Gasteiger partial charge in [-0.15, -0.1) is 0 Å². The number of rotatable bonds is 4. The number of aliphatic imine (C=N–C) groups is 1. The summed E-state index contributed by atoms with van der Waals surface area (Å²) in [5.41, 5.74) is 4.43. The maximum Gasteiger partial charge on any atom is 0.161 e. The van der Waals surface area contributed by atoms with Gasteiger partial charge >= 0.3 is 0 Å². The number of allylic oxidation sites excluding steroid dienone is 2. The lowest BCUT2D eigenvalue weighted by atomic mass is 9.60. The Labute approximate surface area is 202 Å². The molecule has 176 valence electrons. The Hall–Kier alpha value is -3.01. The van der Waals surface area contributed by atoms with Crippen LogP contribution >= 0.6 is 0 Å². The first-order valence-corrected chi connectivity index (χ1v) is 12.3. The van der Waals surface area contributed by atoms with E-state index in [0.717, 1.165) is 46.7 Å². The van der Waals surface area contributed by atoms with Gasteiger partial charge in [0.05, 0.1) is 5.92 Å². The number of benzene rings is 2. The number of Topliss-reactive ketones (excluding diaryl/α,β-unsaturated/α-hetero) is 2. The monoisotopic (exact) mass is 455 g/mol. The number of hydrogen-bond acceptors (Lipinski definition) is 4. The highest BCUT2D eigenvalue weighted by atomic mass is 16.5. The zero-order valence-electron chi connectivity index (χ0n) is 20.6. The molecule has 2 atom stereocenters. The zero-order valence-corrected chi connectivity index (χ0v) is 20.6. The Kier molecular flexibility index (Phi) is 5.58. The first-order chi connectivity index (χ1) is 16.1. The van der Waals surface area contributed by atoms with Crippen LogP contribution in [0.15, 0.2) is 70.9 Å². The highest BCUT2D eigenvalue weighted by Gasteiger charge is 2.49. The highest BCUT2D eigenvalue weighted by Crippen LogP contribution is 2.51. The highest BCUT2D eigenvalue weighted by molar-refractivity contribution is 6.13. The van der Waals surface area contributed by atoms with E-state index in [9.17, 15) is 9.59 Å². The van der Waals surface area contributed by atoms with Crippen molar-refractivity contribution in [2.45, 2.75) is 65.9 Å². The van der Waals surface area contributed by atoms with E-state index in [4.69, 9.17) is 9.73 Å². The molecule has 4 heteroatoms. The van der Waals surface area contributed by atoms with Crippen LogP contribution in [0.4, 0.5) is 0 Å². The number of carbonyl (C=O) groups is 2. The summed E-state index contributed by atoms with van der Waals surface area (Å²) in [5, 5.41) is 0. The third kappa shape index (κ3) is 4.38. The van der Waals surface area contributed by atoms with E-state index in [-0.39, 0.29) is 34.2 Å². The van der Waals surface area contributed by atoms with E-state index >= 15 is 0 Å². The van der Waals surface area contributed by atoms with Crippen molar-refractivity contribution in [2.24, 2.45) is 21.7 Å². The van der Waals surface area contributed by atoms with Gasteiger partial charge in [0.25, 0.3) is 0 Å². The molecule has 2 aliphatic carbocycles. The van der Waals surface area contributed by atoms with Crippen molar-refractivity contribution >= 4 is 17.3 Å². The average Bonchev–Trinajstić information content (AvgIpc) is 2.75. The molecular formula is C30H33NO3. The third-order valence-corrected chi connectivity index (χ3v) is 7.30. The maximum atomic E-state index is 13.5. The second-order valence-electron chi connectivity index (χ2n) is 11.7. The zero-order chi connectivity index (χ0) is 24.1. The molecule has 0 bridgehead atoms. The third-order valence-electron chi connectivity index (χ3n) is 7.30. The Morgan fingerprint density at radius 2 is 1.59 bits per heavy atom. The van der Waals surface area contributed by atoms with Gasteiger partial charge in [0, 0.05) is 35.7 Å². The van der Waals surface area contributed by atoms with Gasteiger partial charge in [-0.1, -0.05) is 70.2 Å². The van der Waals surface area contributed by atoms with Crippen molar-refractivity contribution in [3.05, 3.63) is 77.0 Å². The number of fused-ring (bicyclic) bond motifs is 1. The Balaban J connectivity index is 1.55. The maximum absolute atomic E-state index is 13.5. The second kappa shape index (κ2) is 8.33. The minimum atomic E-state index is -0.360. The predicted molar refractivity (Wildman–Crippen MR) is 134 cm³/mol. The van der Waals surface area contributed by atoms with Crippen LogP contribution in [0.25, 0.3) is 0 Å². The number of nitrogens with zero attached hydrogens (tertiary/aromatic N) is 1. The largest absolute Gasteiger partial charge is 0.489 e. The summed E-state index contributed by atoms with van der Waals surface area (Å²) in [7, 11) is 0. The summed E-state index contributed by atoms with van der Waals surface area (Å²) in [5.74, 6) is 0.433. The number of hydrogen-bond donors (Lipinski definition) is 0. The molecule has 2 unspecified atom stereocenters. The van der Waals surface area contributed by atoms with E-state index in [1.807, 2.05) is 54.6 Å². The first kappa shape index (κ1) is 22.8. The first-order valence-electron chi connectivity index (χ1n) is 12.3. The molecule has 0 amide bonds. The van der Waals surface area contributed by atoms with Crippen LogP contribution in [-0.2, 0) is 16.2 Å². The second-order valence-corrected chi connectivity index (χ2v) is 11.7. The molecule has 1 heterocycles. The van der Waals surface area contributed by atoms with Crippen molar-refractivity contribution in [1.29, 1.82) is 0 Å². The van der Waals surface area contributed by atoms with Crippen molar-refractivity contribution in [2.75, 3.05) is 0 Å². The number of ether oxygens (including phenoxy) is 1. The summed E-state index contributed by atoms with van der Waals surface area (Å²) in [4.78, 5) is 32.0. The van der Waals surface area contributed by atoms with Crippen LogP contribution in [0.5, 0.6) is 5.75 Å². The molecule has 0 N–H and O–H groups in total. The van der Waals surface area contributed by atoms with Crippen LogP contribution in [0.1, 0.15) is 70.4 Å². The minimum absolute atomic E-state index is 0.107. The van der Waals surface area contributed by atoms with Crippen LogP contribution in [0, 0.1) is 16.7 Å². The topological polar surface area (TPSA) is 55.7 Å². The summed E-state index contributed by atoms with van der Waals surface area (Å²) in [6.07, 6.45) is 2.55. The molecular weight excluding hydrogens is 422 g/mol. The van der Waals surface area contributed by atoms with Crippen molar-refractivity contribution in [3.8, 4) is 5.75 Å². The predicted octanol–water partition coefficient (Wildman–Crippen LogP) is 6.45. The molecule has 1 saturated carbocycles. The van der Waals surface area contributed by atoms with E-state index in [1.165, 1.54) is 0 Å². The normalized spacial score (nSPS) is 25.4. The fraction of sp³-hybridized carbons (Fsp3) is 0.433. The molecule has 0 radical (unpaired) electrons. The Morgan fingerprint density at radius 3 is 2.35 bits per heavy atom. The smallest absolute Gasteiger partial charge is 0.161 e. The Bertz CT molecular complexity index is 1200. The lowest BCUT2D eigenvalue weighted by Crippen LogP contribution is -2.45. The fourth-order valence-electron chi connectivity index (χ4n) is 5.91. The lowest BCUT2D eigenvalue weighted by molar-refractivity contribution is -0.124. The summed E-state index contributed by atoms with van der Waals surface area (Å²) >= 11 is 0. The summed E-state index contributed by atoms with van der Waals surface area (Å²) in [6.45, 7) is 9.00. The van der Waals surface area contributed by atoms with Crippen LogP contribution in [0.2, 0.25) is 0 Å². The molecule has 0 spiro atoms. The van der Waals surface area contributed by atoms with Gasteiger partial charge in [0.2, 0.25) is 0 Å². The molecule has 1 aliphatic heterocycles.